The van der Waals surface area contributed by atoms with Crippen molar-refractivity contribution in [3.8, 4) is 11.4 Å². The second kappa shape index (κ2) is 7.70. The van der Waals surface area contributed by atoms with Crippen LogP contribution in [-0.4, -0.2) is 23.3 Å². The lowest BCUT2D eigenvalue weighted by atomic mass is 10.2. The highest BCUT2D eigenvalue weighted by atomic mass is 16.5. The van der Waals surface area contributed by atoms with Gasteiger partial charge in [0.1, 0.15) is 5.75 Å². The lowest BCUT2D eigenvalue weighted by Crippen LogP contribution is -2.19. The largest absolute Gasteiger partial charge is 0.484 e. The molecule has 0 spiro atoms. The fourth-order valence-corrected chi connectivity index (χ4v) is 2.72. The van der Waals surface area contributed by atoms with Gasteiger partial charge in [0.15, 0.2) is 6.61 Å². The maximum atomic E-state index is 10.7. The summed E-state index contributed by atoms with van der Waals surface area (Å²) in [5.41, 5.74) is 10.4. The number of carbonyl (C=O) groups excluding carboxylic acids is 1. The number of hydrogen-bond donors (Lipinski definition) is 1. The zero-order valence-electron chi connectivity index (χ0n) is 14.8. The summed E-state index contributed by atoms with van der Waals surface area (Å²) in [7, 11) is 0. The maximum absolute atomic E-state index is 10.7. The Bertz CT molecular complexity index is 903. The highest BCUT2D eigenvalue weighted by molar-refractivity contribution is 5.82. The van der Waals surface area contributed by atoms with E-state index in [1.54, 1.807) is 18.3 Å². The molecule has 132 valence electrons. The molecule has 0 bridgehead atoms. The first-order valence-corrected chi connectivity index (χ1v) is 8.33. The molecule has 26 heavy (non-hydrogen) atoms. The first-order valence-electron chi connectivity index (χ1n) is 8.33. The summed E-state index contributed by atoms with van der Waals surface area (Å²) in [6.45, 7) is 4.06. The number of carbonyl (C=O) groups is 1. The summed E-state index contributed by atoms with van der Waals surface area (Å²) < 4.78 is 7.44. The summed E-state index contributed by atoms with van der Waals surface area (Å²) in [6, 6.07) is 19.7. The van der Waals surface area contributed by atoms with E-state index < -0.39 is 5.91 Å². The molecule has 0 saturated carbocycles. The van der Waals surface area contributed by atoms with Crippen molar-refractivity contribution >= 4 is 17.8 Å². The number of aliphatic imine (C=N–C) groups is 1. The monoisotopic (exact) mass is 347 g/mol. The zero-order valence-corrected chi connectivity index (χ0v) is 14.8. The number of primary amides is 1. The van der Waals surface area contributed by atoms with Gasteiger partial charge in [-0.05, 0) is 80.1 Å². The van der Waals surface area contributed by atoms with Gasteiger partial charge in [0.05, 0.1) is 5.69 Å². The molecule has 1 heterocycles. The normalized spacial score (nSPS) is 11.0. The zero-order chi connectivity index (χ0) is 18.5. The van der Waals surface area contributed by atoms with Crippen LogP contribution in [0.15, 0.2) is 65.7 Å². The minimum absolute atomic E-state index is 0.125. The van der Waals surface area contributed by atoms with Crippen LogP contribution in [-0.2, 0) is 4.79 Å². The number of aromatic nitrogens is 1. The van der Waals surface area contributed by atoms with Crippen LogP contribution in [0.2, 0.25) is 0 Å². The van der Waals surface area contributed by atoms with Crippen molar-refractivity contribution in [3.05, 3.63) is 77.6 Å². The van der Waals surface area contributed by atoms with Crippen LogP contribution >= 0.6 is 0 Å². The second-order valence-corrected chi connectivity index (χ2v) is 6.05. The van der Waals surface area contributed by atoms with Crippen molar-refractivity contribution in [3.63, 3.8) is 0 Å². The smallest absolute Gasteiger partial charge is 0.255 e. The fraction of sp³-hybridized carbons (Fsp3) is 0.143. The number of amides is 1. The third-order valence-corrected chi connectivity index (χ3v) is 4.00. The second-order valence-electron chi connectivity index (χ2n) is 6.05. The van der Waals surface area contributed by atoms with E-state index in [0.717, 1.165) is 16.9 Å². The number of nitrogens with two attached hydrogens (primary N) is 1. The summed E-state index contributed by atoms with van der Waals surface area (Å²) in [5, 5.41) is 0. The van der Waals surface area contributed by atoms with E-state index in [0.29, 0.717) is 5.75 Å². The van der Waals surface area contributed by atoms with Crippen molar-refractivity contribution in [1.29, 1.82) is 0 Å². The van der Waals surface area contributed by atoms with Crippen molar-refractivity contribution in [1.82, 2.24) is 4.57 Å². The van der Waals surface area contributed by atoms with Crippen molar-refractivity contribution in [2.24, 2.45) is 10.7 Å². The van der Waals surface area contributed by atoms with Gasteiger partial charge in [-0.25, -0.2) is 0 Å². The van der Waals surface area contributed by atoms with Gasteiger partial charge in [-0.3, -0.25) is 9.79 Å². The highest BCUT2D eigenvalue weighted by Gasteiger charge is 2.03. The Labute approximate surface area is 152 Å². The van der Waals surface area contributed by atoms with Crippen molar-refractivity contribution in [2.75, 3.05) is 6.61 Å². The van der Waals surface area contributed by atoms with Crippen LogP contribution in [0.25, 0.3) is 5.69 Å². The Morgan fingerprint density at radius 1 is 1.00 bits per heavy atom. The van der Waals surface area contributed by atoms with E-state index in [1.807, 2.05) is 24.3 Å². The number of benzene rings is 2. The molecule has 1 amide bonds. The van der Waals surface area contributed by atoms with Crippen LogP contribution in [0.4, 0.5) is 5.69 Å². The van der Waals surface area contributed by atoms with Crippen molar-refractivity contribution < 1.29 is 9.53 Å². The van der Waals surface area contributed by atoms with E-state index >= 15 is 0 Å². The lowest BCUT2D eigenvalue weighted by Gasteiger charge is -2.09. The Balaban J connectivity index is 1.68. The van der Waals surface area contributed by atoms with E-state index in [4.69, 9.17) is 10.5 Å². The molecule has 5 heteroatoms. The van der Waals surface area contributed by atoms with Gasteiger partial charge < -0.3 is 15.0 Å². The average molecular weight is 347 g/mol. The van der Waals surface area contributed by atoms with Crippen molar-refractivity contribution in [2.45, 2.75) is 13.8 Å². The molecule has 0 aliphatic heterocycles. The summed E-state index contributed by atoms with van der Waals surface area (Å²) in [4.78, 5) is 15.2. The Morgan fingerprint density at radius 2 is 1.62 bits per heavy atom. The molecule has 5 nitrogen and oxygen atoms in total. The average Bonchev–Trinajstić information content (AvgIpc) is 2.98. The van der Waals surface area contributed by atoms with Gasteiger partial charge >= 0.3 is 0 Å². The Morgan fingerprint density at radius 3 is 2.19 bits per heavy atom. The molecule has 2 aromatic carbocycles. The standard InChI is InChI=1S/C21H21N3O2/c1-15-3-4-16(2)24(15)19-9-7-18(8-10-19)23-13-17-5-11-20(12-6-17)26-14-21(22)25/h3-13H,14H2,1-2H3,(H2,22,25). The minimum atomic E-state index is -0.496. The molecule has 0 saturated heterocycles. The van der Waals surface area contributed by atoms with Gasteiger partial charge in [0.25, 0.3) is 5.91 Å². The number of rotatable bonds is 6. The molecule has 0 aliphatic rings. The fourth-order valence-electron chi connectivity index (χ4n) is 2.72. The molecule has 3 aromatic rings. The molecule has 3 rings (SSSR count). The Kier molecular flexibility index (Phi) is 5.17. The van der Waals surface area contributed by atoms with E-state index in [-0.39, 0.29) is 6.61 Å². The maximum Gasteiger partial charge on any atom is 0.255 e. The molecule has 0 aliphatic carbocycles. The number of ether oxygens (including phenoxy) is 1. The van der Waals surface area contributed by atoms with Crippen LogP contribution < -0.4 is 10.5 Å². The predicted molar refractivity (Wildman–Crippen MR) is 104 cm³/mol. The van der Waals surface area contributed by atoms with Crippen LogP contribution in [0.1, 0.15) is 17.0 Å². The van der Waals surface area contributed by atoms with E-state index in [9.17, 15) is 4.79 Å². The number of hydrogen-bond acceptors (Lipinski definition) is 3. The number of nitrogens with zero attached hydrogens (tertiary/aromatic N) is 2. The van der Waals surface area contributed by atoms with E-state index in [1.165, 1.54) is 11.4 Å². The molecular formula is C21H21N3O2. The SMILES string of the molecule is Cc1ccc(C)n1-c1ccc(N=Cc2ccc(OCC(N)=O)cc2)cc1. The third kappa shape index (κ3) is 4.19. The molecule has 0 unspecified atom stereocenters. The van der Waals surface area contributed by atoms with Crippen LogP contribution in [0.3, 0.4) is 0 Å². The molecule has 1 aromatic heterocycles. The summed E-state index contributed by atoms with van der Waals surface area (Å²) in [5.74, 6) is 0.104. The minimum Gasteiger partial charge on any atom is -0.484 e. The highest BCUT2D eigenvalue weighted by Crippen LogP contribution is 2.20. The lowest BCUT2D eigenvalue weighted by molar-refractivity contribution is -0.119. The first-order chi connectivity index (χ1) is 12.5. The van der Waals surface area contributed by atoms with Gasteiger partial charge in [-0.1, -0.05) is 0 Å². The van der Waals surface area contributed by atoms with E-state index in [2.05, 4.69) is 47.7 Å². The molecule has 0 atom stereocenters. The van der Waals surface area contributed by atoms with Gasteiger partial charge in [-0.15, -0.1) is 0 Å². The van der Waals surface area contributed by atoms with Crippen LogP contribution in [0, 0.1) is 13.8 Å². The van der Waals surface area contributed by atoms with Gasteiger partial charge in [-0.2, -0.15) is 0 Å². The quantitative estimate of drug-likeness (QED) is 0.691. The predicted octanol–water partition coefficient (Wildman–Crippen LogP) is 3.71. The molecule has 0 radical (unpaired) electrons. The third-order valence-electron chi connectivity index (χ3n) is 4.00. The van der Waals surface area contributed by atoms with Gasteiger partial charge in [0.2, 0.25) is 0 Å². The molecule has 2 N–H and O–H groups in total. The molecular weight excluding hydrogens is 326 g/mol. The first kappa shape index (κ1) is 17.5. The number of aryl methyl sites for hydroxylation is 2. The topological polar surface area (TPSA) is 69.6 Å². The van der Waals surface area contributed by atoms with Crippen LogP contribution in [0.5, 0.6) is 5.75 Å². The summed E-state index contributed by atoms with van der Waals surface area (Å²) in [6.07, 6.45) is 1.79. The Hall–Kier alpha value is -3.34. The molecule has 0 fully saturated rings. The summed E-state index contributed by atoms with van der Waals surface area (Å²) >= 11 is 0. The van der Waals surface area contributed by atoms with Gasteiger partial charge in [0, 0.05) is 23.3 Å².